The van der Waals surface area contributed by atoms with Crippen LogP contribution >= 0.6 is 0 Å². The van der Waals surface area contributed by atoms with E-state index in [1.807, 2.05) is 0 Å². The molecule has 32 heavy (non-hydrogen) atoms. The number of hydrogen-bond donors (Lipinski definition) is 8. The molecule has 13 nitrogen and oxygen atoms in total. The highest BCUT2D eigenvalue weighted by Gasteiger charge is 2.32. The standard InChI is InChI=1S/C19H37N7O6/c1-9(2)13(17(30)26-14(10(3)4)18(31)32)25-16(29)12(6-5-7-23-19(21)22)24-15(28)11(20)8-27/h9-14,27H,5-8,20H2,1-4H3,(H,24,28)(H,25,29)(H,26,30)(H,31,32)(H4,21,22,23). The van der Waals surface area contributed by atoms with Crippen LogP contribution < -0.4 is 33.2 Å². The molecule has 3 amide bonds. The first-order valence-corrected chi connectivity index (χ1v) is 10.4. The first-order valence-electron chi connectivity index (χ1n) is 10.4. The number of aliphatic hydroxyl groups is 1. The maximum atomic E-state index is 12.9. The van der Waals surface area contributed by atoms with Crippen molar-refractivity contribution in [1.82, 2.24) is 16.0 Å². The number of amides is 3. The second-order valence-electron chi connectivity index (χ2n) is 8.10. The van der Waals surface area contributed by atoms with Gasteiger partial charge >= 0.3 is 5.97 Å². The fourth-order valence-corrected chi connectivity index (χ4v) is 2.68. The van der Waals surface area contributed by atoms with Gasteiger partial charge in [-0.15, -0.1) is 0 Å². The van der Waals surface area contributed by atoms with Crippen LogP contribution in [0.2, 0.25) is 0 Å². The van der Waals surface area contributed by atoms with Crippen LogP contribution in [-0.4, -0.2) is 77.2 Å². The van der Waals surface area contributed by atoms with Crippen molar-refractivity contribution in [1.29, 1.82) is 0 Å². The smallest absolute Gasteiger partial charge is 0.326 e. The molecule has 0 saturated heterocycles. The van der Waals surface area contributed by atoms with Crippen molar-refractivity contribution in [3.63, 3.8) is 0 Å². The van der Waals surface area contributed by atoms with Gasteiger partial charge in [-0.3, -0.25) is 19.4 Å². The summed E-state index contributed by atoms with van der Waals surface area (Å²) in [6.45, 7) is 6.25. The number of aliphatic carboxylic acids is 1. The molecule has 0 saturated carbocycles. The van der Waals surface area contributed by atoms with Gasteiger partial charge in [0.2, 0.25) is 17.7 Å². The van der Waals surface area contributed by atoms with Crippen LogP contribution in [0.5, 0.6) is 0 Å². The summed E-state index contributed by atoms with van der Waals surface area (Å²) in [5.74, 6) is -4.13. The number of nitrogens with one attached hydrogen (secondary N) is 3. The molecule has 0 spiro atoms. The summed E-state index contributed by atoms with van der Waals surface area (Å²) in [4.78, 5) is 52.9. The number of rotatable bonds is 14. The number of aliphatic hydroxyl groups excluding tert-OH is 1. The lowest BCUT2D eigenvalue weighted by molar-refractivity contribution is -0.144. The van der Waals surface area contributed by atoms with Gasteiger partial charge in [0.15, 0.2) is 5.96 Å². The highest BCUT2D eigenvalue weighted by Crippen LogP contribution is 2.08. The second-order valence-corrected chi connectivity index (χ2v) is 8.10. The average molecular weight is 460 g/mol. The van der Waals surface area contributed by atoms with E-state index in [0.29, 0.717) is 6.42 Å². The van der Waals surface area contributed by atoms with Crippen molar-refractivity contribution in [3.05, 3.63) is 0 Å². The average Bonchev–Trinajstić information content (AvgIpc) is 2.70. The molecule has 11 N–H and O–H groups in total. The Morgan fingerprint density at radius 3 is 1.84 bits per heavy atom. The summed E-state index contributed by atoms with van der Waals surface area (Å²) in [7, 11) is 0. The summed E-state index contributed by atoms with van der Waals surface area (Å²) >= 11 is 0. The van der Waals surface area contributed by atoms with E-state index in [0.717, 1.165) is 0 Å². The zero-order chi connectivity index (χ0) is 25.0. The number of carboxylic acid groups (broad SMARTS) is 1. The molecule has 0 bridgehead atoms. The highest BCUT2D eigenvalue weighted by atomic mass is 16.4. The largest absolute Gasteiger partial charge is 0.480 e. The molecular weight excluding hydrogens is 422 g/mol. The molecule has 0 aromatic rings. The van der Waals surface area contributed by atoms with Crippen molar-refractivity contribution in [3.8, 4) is 0 Å². The molecule has 184 valence electrons. The molecule has 4 atom stereocenters. The highest BCUT2D eigenvalue weighted by molar-refractivity contribution is 5.94. The van der Waals surface area contributed by atoms with E-state index >= 15 is 0 Å². The van der Waals surface area contributed by atoms with Gasteiger partial charge in [0.05, 0.1) is 6.61 Å². The number of nitrogens with zero attached hydrogens (tertiary/aromatic N) is 1. The summed E-state index contributed by atoms with van der Waals surface area (Å²) in [6.07, 6.45) is 0.459. The van der Waals surface area contributed by atoms with Gasteiger partial charge in [-0.05, 0) is 24.7 Å². The molecule has 4 unspecified atom stereocenters. The molecule has 0 aliphatic heterocycles. The monoisotopic (exact) mass is 459 g/mol. The molecule has 0 radical (unpaired) electrons. The quantitative estimate of drug-likeness (QED) is 0.0760. The van der Waals surface area contributed by atoms with Gasteiger partial charge in [-0.1, -0.05) is 27.7 Å². The number of aliphatic imine (C=N–C) groups is 1. The van der Waals surface area contributed by atoms with Gasteiger partial charge < -0.3 is 43.4 Å². The summed E-state index contributed by atoms with van der Waals surface area (Å²) < 4.78 is 0. The summed E-state index contributed by atoms with van der Waals surface area (Å²) in [5.41, 5.74) is 16.0. The fraction of sp³-hybridized carbons (Fsp3) is 0.737. The molecule has 0 aromatic carbocycles. The normalized spacial score (nSPS) is 14.8. The minimum absolute atomic E-state index is 0.119. The lowest BCUT2D eigenvalue weighted by atomic mass is 9.99. The lowest BCUT2D eigenvalue weighted by Crippen LogP contribution is -2.59. The predicted octanol–water partition coefficient (Wildman–Crippen LogP) is -2.79. The van der Waals surface area contributed by atoms with Crippen LogP contribution in [0, 0.1) is 11.8 Å². The van der Waals surface area contributed by atoms with E-state index in [1.165, 1.54) is 0 Å². The second kappa shape index (κ2) is 14.2. The molecular formula is C19H37N7O6. The Balaban J connectivity index is 5.44. The number of guanidine groups is 1. The van der Waals surface area contributed by atoms with E-state index in [1.54, 1.807) is 27.7 Å². The van der Waals surface area contributed by atoms with E-state index in [-0.39, 0.29) is 30.8 Å². The molecule has 0 heterocycles. The predicted molar refractivity (Wildman–Crippen MR) is 118 cm³/mol. The third-order valence-corrected chi connectivity index (χ3v) is 4.59. The van der Waals surface area contributed by atoms with Crippen molar-refractivity contribution < 1.29 is 29.4 Å². The Morgan fingerprint density at radius 2 is 1.41 bits per heavy atom. The van der Waals surface area contributed by atoms with Crippen molar-refractivity contribution in [2.24, 2.45) is 34.0 Å². The Morgan fingerprint density at radius 1 is 0.875 bits per heavy atom. The van der Waals surface area contributed by atoms with Crippen molar-refractivity contribution >= 4 is 29.7 Å². The van der Waals surface area contributed by atoms with E-state index in [2.05, 4.69) is 20.9 Å². The molecule has 0 aliphatic rings. The van der Waals surface area contributed by atoms with Gasteiger partial charge in [0, 0.05) is 6.54 Å². The third-order valence-electron chi connectivity index (χ3n) is 4.59. The first kappa shape index (κ1) is 29.1. The molecule has 0 rings (SSSR count). The zero-order valence-corrected chi connectivity index (χ0v) is 19.0. The van der Waals surface area contributed by atoms with Crippen molar-refractivity contribution in [2.45, 2.75) is 64.7 Å². The van der Waals surface area contributed by atoms with Gasteiger partial charge in [-0.25, -0.2) is 4.79 Å². The number of carboxylic acids is 1. The number of nitrogens with two attached hydrogens (primary N) is 3. The lowest BCUT2D eigenvalue weighted by Gasteiger charge is -2.27. The van der Waals surface area contributed by atoms with E-state index < -0.39 is 54.5 Å². The fourth-order valence-electron chi connectivity index (χ4n) is 2.68. The van der Waals surface area contributed by atoms with Gasteiger partial charge in [0.25, 0.3) is 0 Å². The Kier molecular flexibility index (Phi) is 12.9. The minimum atomic E-state index is -1.23. The number of carbonyl (C=O) groups excluding carboxylic acids is 3. The summed E-state index contributed by atoms with van der Waals surface area (Å²) in [5, 5.41) is 25.8. The molecule has 0 aliphatic carbocycles. The van der Waals surface area contributed by atoms with Crippen LogP contribution in [-0.2, 0) is 19.2 Å². The Bertz CT molecular complexity index is 679. The molecule has 0 aromatic heterocycles. The van der Waals surface area contributed by atoms with Crippen LogP contribution in [0.4, 0.5) is 0 Å². The molecule has 0 fully saturated rings. The first-order chi connectivity index (χ1) is 14.8. The van der Waals surface area contributed by atoms with Crippen LogP contribution in [0.25, 0.3) is 0 Å². The van der Waals surface area contributed by atoms with Crippen LogP contribution in [0.3, 0.4) is 0 Å². The van der Waals surface area contributed by atoms with Crippen LogP contribution in [0.1, 0.15) is 40.5 Å². The van der Waals surface area contributed by atoms with Crippen molar-refractivity contribution in [2.75, 3.05) is 13.2 Å². The molecule has 13 heteroatoms. The SMILES string of the molecule is CC(C)C(NC(=O)C(NC(=O)C(CCCN=C(N)N)NC(=O)C(N)CO)C(C)C)C(=O)O. The summed E-state index contributed by atoms with van der Waals surface area (Å²) in [6, 6.07) is -4.48. The third kappa shape index (κ3) is 10.4. The number of hydrogen-bond acceptors (Lipinski definition) is 7. The number of carbonyl (C=O) groups is 4. The van der Waals surface area contributed by atoms with E-state index in [4.69, 9.17) is 22.3 Å². The van der Waals surface area contributed by atoms with Crippen LogP contribution in [0.15, 0.2) is 4.99 Å². The minimum Gasteiger partial charge on any atom is -0.480 e. The zero-order valence-electron chi connectivity index (χ0n) is 19.0. The Labute approximate surface area is 187 Å². The van der Waals surface area contributed by atoms with Gasteiger partial charge in [-0.2, -0.15) is 0 Å². The Hall–Kier alpha value is -2.93. The maximum absolute atomic E-state index is 12.9. The topological polar surface area (TPSA) is 235 Å². The maximum Gasteiger partial charge on any atom is 0.326 e. The van der Waals surface area contributed by atoms with Gasteiger partial charge in [0.1, 0.15) is 24.2 Å². The van der Waals surface area contributed by atoms with E-state index in [9.17, 15) is 24.3 Å².